The molecule has 1 aliphatic rings. The third kappa shape index (κ3) is 5.02. The fraction of sp³-hybridized carbons (Fsp3) is 0.467. The normalized spacial score (nSPS) is 22.4. The molecule has 2 heterocycles. The summed E-state index contributed by atoms with van der Waals surface area (Å²) >= 11 is 1.99. The van der Waals surface area contributed by atoms with E-state index in [0.29, 0.717) is 5.56 Å². The molecule has 1 aromatic rings. The van der Waals surface area contributed by atoms with Gasteiger partial charge in [0.1, 0.15) is 25.0 Å². The average Bonchev–Trinajstić information content (AvgIpc) is 2.96. The van der Waals surface area contributed by atoms with E-state index in [9.17, 15) is 14.4 Å². The number of rotatable bonds is 6. The van der Waals surface area contributed by atoms with Crippen molar-refractivity contribution in [1.29, 1.82) is 0 Å². The summed E-state index contributed by atoms with van der Waals surface area (Å²) < 4.78 is 18.8. The lowest BCUT2D eigenvalue weighted by Gasteiger charge is -2.18. The molecular formula is C15H18IN3O7. The molecule has 0 aliphatic carbocycles. The summed E-state index contributed by atoms with van der Waals surface area (Å²) in [6.07, 6.45) is 1.13. The van der Waals surface area contributed by atoms with Gasteiger partial charge in [-0.3, -0.25) is 24.8 Å². The van der Waals surface area contributed by atoms with Gasteiger partial charge < -0.3 is 14.2 Å². The molecule has 0 spiro atoms. The molecule has 26 heavy (non-hydrogen) atoms. The zero-order valence-electron chi connectivity index (χ0n) is 14.0. The van der Waals surface area contributed by atoms with E-state index >= 15 is 0 Å². The predicted molar refractivity (Wildman–Crippen MR) is 97.7 cm³/mol. The van der Waals surface area contributed by atoms with Gasteiger partial charge in [-0.25, -0.2) is 4.79 Å². The van der Waals surface area contributed by atoms with Crippen LogP contribution < -0.4 is 11.2 Å². The summed E-state index contributed by atoms with van der Waals surface area (Å²) in [6.45, 7) is 2.41. The maximum atomic E-state index is 12.2. The fourth-order valence-corrected chi connectivity index (χ4v) is 2.92. The maximum absolute atomic E-state index is 12.2. The van der Waals surface area contributed by atoms with Crippen LogP contribution in [0.4, 0.5) is 5.82 Å². The summed E-state index contributed by atoms with van der Waals surface area (Å²) in [6, 6.07) is 0. The van der Waals surface area contributed by atoms with E-state index in [0.717, 1.165) is 0 Å². The van der Waals surface area contributed by atoms with Gasteiger partial charge in [-0.05, 0) is 10.2 Å². The van der Waals surface area contributed by atoms with Crippen molar-refractivity contribution in [1.82, 2.24) is 9.55 Å². The van der Waals surface area contributed by atoms with Gasteiger partial charge >= 0.3 is 17.6 Å². The Bertz CT molecular complexity index is 764. The molecule has 2 N–H and O–H groups in total. The number of halogens is 1. The quantitative estimate of drug-likeness (QED) is 0.352. The van der Waals surface area contributed by atoms with Crippen molar-refractivity contribution < 1.29 is 29.0 Å². The molecule has 0 aromatic carbocycles. The number of anilines is 1. The molecule has 0 unspecified atom stereocenters. The molecule has 0 saturated carbocycles. The van der Waals surface area contributed by atoms with Crippen molar-refractivity contribution in [3.63, 3.8) is 0 Å². The van der Waals surface area contributed by atoms with Crippen LogP contribution >= 0.6 is 22.6 Å². The standard InChI is InChI=1S/C15H18IN3O7/c1-8(20)24-7-12-11(25-9(2)21)5-13(26-12)19-6-10(3-4-16)14(18-23)17-15(19)22/h3-4,6,11-13,23H,5,7H2,1-2H3,(H,17,18,22)/t11-,12+,13+/m0/s1. The zero-order valence-corrected chi connectivity index (χ0v) is 16.2. The fourth-order valence-electron chi connectivity index (χ4n) is 2.53. The molecule has 1 fully saturated rings. The van der Waals surface area contributed by atoms with Gasteiger partial charge in [0, 0.05) is 32.0 Å². The minimum Gasteiger partial charge on any atom is -0.463 e. The molecule has 11 heteroatoms. The van der Waals surface area contributed by atoms with Gasteiger partial charge in [-0.2, -0.15) is 4.98 Å². The largest absolute Gasteiger partial charge is 0.463 e. The summed E-state index contributed by atoms with van der Waals surface area (Å²) in [5.41, 5.74) is 1.66. The molecule has 1 aromatic heterocycles. The van der Waals surface area contributed by atoms with Gasteiger partial charge in [-0.1, -0.05) is 22.6 Å². The van der Waals surface area contributed by atoms with E-state index in [2.05, 4.69) is 4.98 Å². The van der Waals surface area contributed by atoms with Crippen molar-refractivity contribution in [2.75, 3.05) is 12.1 Å². The average molecular weight is 479 g/mol. The van der Waals surface area contributed by atoms with Crippen LogP contribution in [0.5, 0.6) is 0 Å². The van der Waals surface area contributed by atoms with Gasteiger partial charge in [-0.15, -0.1) is 0 Å². The maximum Gasteiger partial charge on any atom is 0.351 e. The summed E-state index contributed by atoms with van der Waals surface area (Å²) in [7, 11) is 0. The second-order valence-electron chi connectivity index (χ2n) is 5.45. The minimum absolute atomic E-state index is 0.00478. The predicted octanol–water partition coefficient (Wildman–Crippen LogP) is 1.23. The Balaban J connectivity index is 2.30. The van der Waals surface area contributed by atoms with Crippen LogP contribution in [0.2, 0.25) is 0 Å². The smallest absolute Gasteiger partial charge is 0.351 e. The van der Waals surface area contributed by atoms with E-state index in [-0.39, 0.29) is 18.8 Å². The van der Waals surface area contributed by atoms with E-state index in [1.165, 1.54) is 24.6 Å². The second kappa shape index (κ2) is 9.09. The van der Waals surface area contributed by atoms with Crippen LogP contribution in [-0.2, 0) is 23.8 Å². The van der Waals surface area contributed by atoms with Crippen LogP contribution in [0.1, 0.15) is 32.1 Å². The Morgan fingerprint density at radius 3 is 2.81 bits per heavy atom. The molecule has 3 atom stereocenters. The SMILES string of the molecule is CC(=O)OC[C@H]1O[C@@H](n2cc(C=CI)c(NO)nc2=O)C[C@@H]1OC(C)=O. The number of hydrogen-bond acceptors (Lipinski definition) is 9. The number of esters is 2. The summed E-state index contributed by atoms with van der Waals surface area (Å²) in [5, 5.41) is 9.10. The lowest BCUT2D eigenvalue weighted by molar-refractivity contribution is -0.155. The lowest BCUT2D eigenvalue weighted by Crippen LogP contribution is -2.31. The first kappa shape index (κ1) is 20.3. The first-order valence-electron chi connectivity index (χ1n) is 7.61. The molecule has 1 saturated heterocycles. The number of carbonyl (C=O) groups excluding carboxylic acids is 2. The highest BCUT2D eigenvalue weighted by Crippen LogP contribution is 2.31. The second-order valence-corrected chi connectivity index (χ2v) is 6.17. The molecule has 0 radical (unpaired) electrons. The Labute approximate surface area is 162 Å². The van der Waals surface area contributed by atoms with Crippen LogP contribution in [-0.4, -0.2) is 45.5 Å². The Morgan fingerprint density at radius 1 is 1.50 bits per heavy atom. The Morgan fingerprint density at radius 2 is 2.23 bits per heavy atom. The van der Waals surface area contributed by atoms with Crippen molar-refractivity contribution in [3.8, 4) is 0 Å². The van der Waals surface area contributed by atoms with Crippen molar-refractivity contribution in [2.45, 2.75) is 38.7 Å². The first-order chi connectivity index (χ1) is 12.3. The van der Waals surface area contributed by atoms with Gasteiger partial charge in [0.15, 0.2) is 5.82 Å². The molecule has 10 nitrogen and oxygen atoms in total. The van der Waals surface area contributed by atoms with Gasteiger partial charge in [0.2, 0.25) is 0 Å². The highest BCUT2D eigenvalue weighted by Gasteiger charge is 2.39. The molecule has 142 valence electrons. The van der Waals surface area contributed by atoms with Crippen LogP contribution in [0.15, 0.2) is 15.1 Å². The summed E-state index contributed by atoms with van der Waals surface area (Å²) in [5.74, 6) is -0.999. The van der Waals surface area contributed by atoms with E-state index in [4.69, 9.17) is 19.4 Å². The number of ether oxygens (including phenoxy) is 3. The van der Waals surface area contributed by atoms with Crippen molar-refractivity contribution in [2.24, 2.45) is 0 Å². The van der Waals surface area contributed by atoms with Crippen molar-refractivity contribution >= 4 is 46.4 Å². The highest BCUT2D eigenvalue weighted by molar-refractivity contribution is 14.1. The number of hydrogen-bond donors (Lipinski definition) is 2. The zero-order chi connectivity index (χ0) is 19.3. The monoisotopic (exact) mass is 479 g/mol. The van der Waals surface area contributed by atoms with Crippen LogP contribution in [0.25, 0.3) is 6.08 Å². The van der Waals surface area contributed by atoms with Gasteiger partial charge in [0.25, 0.3) is 0 Å². The lowest BCUT2D eigenvalue weighted by atomic mass is 10.2. The number of nitrogens with zero attached hydrogens (tertiary/aromatic N) is 2. The minimum atomic E-state index is -0.769. The topological polar surface area (TPSA) is 129 Å². The third-order valence-electron chi connectivity index (χ3n) is 3.59. The molecule has 0 amide bonds. The van der Waals surface area contributed by atoms with Crippen LogP contribution in [0, 0.1) is 0 Å². The molecular weight excluding hydrogens is 461 g/mol. The highest BCUT2D eigenvalue weighted by atomic mass is 127. The van der Waals surface area contributed by atoms with Crippen LogP contribution in [0.3, 0.4) is 0 Å². The Hall–Kier alpha value is -1.99. The van der Waals surface area contributed by atoms with E-state index < -0.39 is 36.1 Å². The van der Waals surface area contributed by atoms with E-state index in [1.807, 2.05) is 28.1 Å². The molecule has 2 rings (SSSR count). The Kier molecular flexibility index (Phi) is 7.11. The number of aromatic nitrogens is 2. The summed E-state index contributed by atoms with van der Waals surface area (Å²) in [4.78, 5) is 38.3. The van der Waals surface area contributed by atoms with Crippen molar-refractivity contribution in [3.05, 3.63) is 26.3 Å². The van der Waals surface area contributed by atoms with E-state index in [1.54, 1.807) is 10.2 Å². The number of nitrogens with one attached hydrogen (secondary N) is 1. The third-order valence-corrected chi connectivity index (χ3v) is 3.95. The molecule has 1 aliphatic heterocycles. The first-order valence-corrected chi connectivity index (χ1v) is 8.86. The van der Waals surface area contributed by atoms with Gasteiger partial charge in [0.05, 0.1) is 0 Å². The number of carbonyl (C=O) groups is 2. The molecule has 0 bridgehead atoms.